The highest BCUT2D eigenvalue weighted by atomic mass is 35.5. The van der Waals surface area contributed by atoms with Gasteiger partial charge in [-0.05, 0) is 43.5 Å². The number of amides is 1. The average Bonchev–Trinajstić information content (AvgIpc) is 2.51. The lowest BCUT2D eigenvalue weighted by atomic mass is 10.1. The second-order valence-electron chi connectivity index (χ2n) is 4.88. The van der Waals surface area contributed by atoms with Crippen LogP contribution in [-0.4, -0.2) is 23.9 Å². The molecule has 0 aromatic heterocycles. The summed E-state index contributed by atoms with van der Waals surface area (Å²) in [5, 5.41) is 12.5. The van der Waals surface area contributed by atoms with Gasteiger partial charge in [0.05, 0.1) is 0 Å². The normalized spacial score (nSPS) is 15.9. The number of likely N-dealkylation sites (tertiary alicyclic amines) is 1. The minimum Gasteiger partial charge on any atom is -0.384 e. The Morgan fingerprint density at radius 1 is 1.24 bits per heavy atom. The summed E-state index contributed by atoms with van der Waals surface area (Å²) in [5.74, 6) is -0.244. The molecule has 0 bridgehead atoms. The summed E-state index contributed by atoms with van der Waals surface area (Å²) >= 11 is 5.79. The van der Waals surface area contributed by atoms with Gasteiger partial charge in [-0.2, -0.15) is 5.26 Å². The van der Waals surface area contributed by atoms with Crippen molar-refractivity contribution in [2.24, 2.45) is 5.73 Å². The van der Waals surface area contributed by atoms with Crippen LogP contribution in [0, 0.1) is 11.3 Å². The van der Waals surface area contributed by atoms with Crippen LogP contribution in [-0.2, 0) is 4.79 Å². The van der Waals surface area contributed by atoms with Crippen LogP contribution in [0.25, 0.3) is 0 Å². The van der Waals surface area contributed by atoms with Crippen molar-refractivity contribution >= 4 is 23.2 Å². The van der Waals surface area contributed by atoms with Crippen LogP contribution < -0.4 is 11.1 Å². The molecule has 21 heavy (non-hydrogen) atoms. The molecule has 0 unspecified atom stereocenters. The van der Waals surface area contributed by atoms with Crippen LogP contribution in [0.1, 0.15) is 19.3 Å². The molecule has 1 aliphatic rings. The Labute approximate surface area is 129 Å². The number of nitriles is 1. The highest BCUT2D eigenvalue weighted by Gasteiger charge is 2.20. The molecule has 1 aliphatic heterocycles. The second kappa shape index (κ2) is 7.00. The SMILES string of the molecule is N#C/C(C(=O)Nc1ccc(Cl)cc1)=C(/N)N1CCCCC1. The van der Waals surface area contributed by atoms with E-state index in [1.165, 1.54) is 0 Å². The summed E-state index contributed by atoms with van der Waals surface area (Å²) in [6.45, 7) is 1.57. The van der Waals surface area contributed by atoms with Gasteiger partial charge in [0.1, 0.15) is 11.9 Å². The van der Waals surface area contributed by atoms with E-state index in [0.717, 1.165) is 32.4 Å². The van der Waals surface area contributed by atoms with Crippen molar-refractivity contribution in [3.63, 3.8) is 0 Å². The molecule has 0 atom stereocenters. The van der Waals surface area contributed by atoms with E-state index in [9.17, 15) is 10.1 Å². The molecular weight excluding hydrogens is 288 g/mol. The number of nitrogens with one attached hydrogen (secondary N) is 1. The van der Waals surface area contributed by atoms with Crippen LogP contribution in [0.4, 0.5) is 5.69 Å². The highest BCUT2D eigenvalue weighted by Crippen LogP contribution is 2.17. The van der Waals surface area contributed by atoms with Crippen LogP contribution >= 0.6 is 11.6 Å². The lowest BCUT2D eigenvalue weighted by molar-refractivity contribution is -0.112. The number of anilines is 1. The van der Waals surface area contributed by atoms with Crippen molar-refractivity contribution in [1.29, 1.82) is 5.26 Å². The molecule has 3 N–H and O–H groups in total. The highest BCUT2D eigenvalue weighted by molar-refractivity contribution is 6.30. The third kappa shape index (κ3) is 3.89. The monoisotopic (exact) mass is 304 g/mol. The maximum Gasteiger partial charge on any atom is 0.270 e. The topological polar surface area (TPSA) is 82.1 Å². The van der Waals surface area contributed by atoms with Gasteiger partial charge in [0, 0.05) is 23.8 Å². The number of hydrogen-bond donors (Lipinski definition) is 2. The number of piperidine rings is 1. The van der Waals surface area contributed by atoms with E-state index in [1.54, 1.807) is 24.3 Å². The Morgan fingerprint density at radius 2 is 1.86 bits per heavy atom. The molecule has 2 rings (SSSR count). The molecule has 1 amide bonds. The minimum atomic E-state index is -0.497. The summed E-state index contributed by atoms with van der Waals surface area (Å²) in [6.07, 6.45) is 3.21. The Kier molecular flexibility index (Phi) is 5.07. The fourth-order valence-electron chi connectivity index (χ4n) is 2.24. The van der Waals surface area contributed by atoms with Gasteiger partial charge >= 0.3 is 0 Å². The zero-order valence-electron chi connectivity index (χ0n) is 11.6. The Balaban J connectivity index is 2.14. The molecule has 0 spiro atoms. The smallest absolute Gasteiger partial charge is 0.270 e. The van der Waals surface area contributed by atoms with Gasteiger partial charge in [-0.1, -0.05) is 11.6 Å². The van der Waals surface area contributed by atoms with E-state index in [4.69, 9.17) is 17.3 Å². The Morgan fingerprint density at radius 3 is 2.43 bits per heavy atom. The fraction of sp³-hybridized carbons (Fsp3) is 0.333. The largest absolute Gasteiger partial charge is 0.384 e. The molecule has 5 nitrogen and oxygen atoms in total. The molecule has 6 heteroatoms. The number of carbonyl (C=O) groups is 1. The van der Waals surface area contributed by atoms with E-state index < -0.39 is 5.91 Å². The van der Waals surface area contributed by atoms with E-state index in [1.807, 2.05) is 11.0 Å². The van der Waals surface area contributed by atoms with Crippen LogP contribution in [0.5, 0.6) is 0 Å². The second-order valence-corrected chi connectivity index (χ2v) is 5.32. The lowest BCUT2D eigenvalue weighted by Gasteiger charge is -2.29. The fourth-order valence-corrected chi connectivity index (χ4v) is 2.37. The first-order valence-corrected chi connectivity index (χ1v) is 7.21. The number of rotatable bonds is 3. The molecule has 110 valence electrons. The lowest BCUT2D eigenvalue weighted by Crippen LogP contribution is -2.35. The molecule has 1 aromatic rings. The summed E-state index contributed by atoms with van der Waals surface area (Å²) in [6, 6.07) is 8.59. The molecular formula is C15H17ClN4O. The van der Waals surface area contributed by atoms with Crippen LogP contribution in [0.2, 0.25) is 5.02 Å². The summed E-state index contributed by atoms with van der Waals surface area (Å²) < 4.78 is 0. The van der Waals surface area contributed by atoms with Gasteiger partial charge in [-0.15, -0.1) is 0 Å². The number of halogens is 1. The third-order valence-electron chi connectivity index (χ3n) is 3.39. The predicted octanol–water partition coefficient (Wildman–Crippen LogP) is 2.46. The first-order valence-electron chi connectivity index (χ1n) is 6.83. The van der Waals surface area contributed by atoms with Crippen molar-refractivity contribution < 1.29 is 4.79 Å². The average molecular weight is 305 g/mol. The number of benzene rings is 1. The van der Waals surface area contributed by atoms with E-state index in [2.05, 4.69) is 5.32 Å². The summed E-state index contributed by atoms with van der Waals surface area (Å²) in [4.78, 5) is 14.1. The van der Waals surface area contributed by atoms with Gasteiger partial charge in [-0.3, -0.25) is 4.79 Å². The molecule has 0 saturated carbocycles. The molecule has 1 saturated heterocycles. The molecule has 1 fully saturated rings. The number of nitrogens with two attached hydrogens (primary N) is 1. The molecule has 1 heterocycles. The molecule has 0 radical (unpaired) electrons. The van der Waals surface area contributed by atoms with Crippen molar-refractivity contribution in [2.75, 3.05) is 18.4 Å². The number of hydrogen-bond acceptors (Lipinski definition) is 4. The van der Waals surface area contributed by atoms with Gasteiger partial charge in [-0.25, -0.2) is 0 Å². The standard InChI is InChI=1S/C15H17ClN4O/c16-11-4-6-12(7-5-11)19-15(21)13(10-17)14(18)20-8-2-1-3-9-20/h4-7H,1-3,8-9,18H2,(H,19,21)/b14-13+. The van der Waals surface area contributed by atoms with Gasteiger partial charge < -0.3 is 16.0 Å². The quantitative estimate of drug-likeness (QED) is 0.664. The predicted molar refractivity (Wildman–Crippen MR) is 82.3 cm³/mol. The van der Waals surface area contributed by atoms with Gasteiger partial charge in [0.25, 0.3) is 5.91 Å². The Bertz CT molecular complexity index is 583. The van der Waals surface area contributed by atoms with Gasteiger partial charge in [0.2, 0.25) is 0 Å². The first-order chi connectivity index (χ1) is 10.1. The van der Waals surface area contributed by atoms with Gasteiger partial charge in [0.15, 0.2) is 5.57 Å². The van der Waals surface area contributed by atoms with Crippen LogP contribution in [0.15, 0.2) is 35.7 Å². The van der Waals surface area contributed by atoms with Crippen molar-refractivity contribution in [1.82, 2.24) is 4.90 Å². The van der Waals surface area contributed by atoms with Crippen molar-refractivity contribution in [2.45, 2.75) is 19.3 Å². The van der Waals surface area contributed by atoms with Crippen LogP contribution in [0.3, 0.4) is 0 Å². The molecule has 0 aliphatic carbocycles. The molecule has 1 aromatic carbocycles. The zero-order chi connectivity index (χ0) is 15.2. The first kappa shape index (κ1) is 15.2. The summed E-state index contributed by atoms with van der Waals surface area (Å²) in [5.41, 5.74) is 6.51. The summed E-state index contributed by atoms with van der Waals surface area (Å²) in [7, 11) is 0. The van der Waals surface area contributed by atoms with E-state index in [-0.39, 0.29) is 11.4 Å². The minimum absolute atomic E-state index is 0.0492. The Hall–Kier alpha value is -2.19. The maximum absolute atomic E-state index is 12.2. The van der Waals surface area contributed by atoms with E-state index >= 15 is 0 Å². The third-order valence-corrected chi connectivity index (χ3v) is 3.65. The van der Waals surface area contributed by atoms with E-state index in [0.29, 0.717) is 10.7 Å². The number of nitrogens with zero attached hydrogens (tertiary/aromatic N) is 2. The van der Waals surface area contributed by atoms with Crippen molar-refractivity contribution in [3.8, 4) is 6.07 Å². The van der Waals surface area contributed by atoms with Crippen molar-refractivity contribution in [3.05, 3.63) is 40.7 Å². The maximum atomic E-state index is 12.2. The number of carbonyl (C=O) groups excluding carboxylic acids is 1. The zero-order valence-corrected chi connectivity index (χ0v) is 12.4.